The summed E-state index contributed by atoms with van der Waals surface area (Å²) >= 11 is 0. The van der Waals surface area contributed by atoms with E-state index in [2.05, 4.69) is 19.9 Å². The Hall–Kier alpha value is -0.510. The van der Waals surface area contributed by atoms with E-state index in [0.29, 0.717) is 5.41 Å². The molecular weight excluding hydrogens is 266 g/mol. The molecule has 4 rings (SSSR count). The minimum Gasteiger partial charge on any atom is -0.198 e. The summed E-state index contributed by atoms with van der Waals surface area (Å²) in [6.07, 6.45) is 19.8. The molecule has 0 aromatic rings. The first kappa shape index (κ1) is 16.4. The van der Waals surface area contributed by atoms with Crippen LogP contribution in [0.2, 0.25) is 0 Å². The number of hydrogen-bond donors (Lipinski definition) is 0. The largest absolute Gasteiger partial charge is 0.198 e. The van der Waals surface area contributed by atoms with Crippen molar-refractivity contribution in [3.05, 3.63) is 0 Å². The van der Waals surface area contributed by atoms with E-state index in [0.717, 1.165) is 24.2 Å². The summed E-state index contributed by atoms with van der Waals surface area (Å²) in [5.41, 5.74) is 1.41. The highest BCUT2D eigenvalue weighted by atomic mass is 14.6. The molecule has 0 heterocycles. The second-order valence-electron chi connectivity index (χ2n) is 9.27. The number of unbranched alkanes of at least 4 members (excludes halogenated alkanes) is 2. The van der Waals surface area contributed by atoms with Crippen LogP contribution in [0.25, 0.3) is 0 Å². The van der Waals surface area contributed by atoms with Crippen molar-refractivity contribution < 1.29 is 0 Å². The van der Waals surface area contributed by atoms with Crippen LogP contribution in [0.15, 0.2) is 0 Å². The first-order valence-corrected chi connectivity index (χ1v) is 9.97. The highest BCUT2D eigenvalue weighted by Crippen LogP contribution is 2.64. The van der Waals surface area contributed by atoms with E-state index in [1.165, 1.54) is 77.0 Å². The van der Waals surface area contributed by atoms with Gasteiger partial charge in [-0.25, -0.2) is 0 Å². The molecule has 0 unspecified atom stereocenters. The average Bonchev–Trinajstić information content (AvgIpc) is 2.57. The molecule has 1 heteroatoms. The van der Waals surface area contributed by atoms with Gasteiger partial charge in [-0.05, 0) is 94.3 Å². The summed E-state index contributed by atoms with van der Waals surface area (Å²) in [7, 11) is 0. The molecular formula is C21H35N. The van der Waals surface area contributed by atoms with Gasteiger partial charge in [0, 0.05) is 0 Å². The van der Waals surface area contributed by atoms with Gasteiger partial charge < -0.3 is 0 Å². The van der Waals surface area contributed by atoms with E-state index in [-0.39, 0.29) is 5.41 Å². The van der Waals surface area contributed by atoms with Crippen LogP contribution in [0, 0.1) is 33.5 Å². The van der Waals surface area contributed by atoms with Gasteiger partial charge in [-0.1, -0.05) is 26.2 Å². The molecule has 0 aromatic heterocycles. The third kappa shape index (κ3) is 2.95. The third-order valence-corrected chi connectivity index (χ3v) is 8.00. The van der Waals surface area contributed by atoms with E-state index in [1.54, 1.807) is 0 Å². The lowest BCUT2D eigenvalue weighted by molar-refractivity contribution is -0.0676. The first-order chi connectivity index (χ1) is 10.6. The number of nitriles is 1. The minimum atomic E-state index is -0.0135. The molecule has 22 heavy (non-hydrogen) atoms. The minimum absolute atomic E-state index is 0.0135. The number of fused-ring (bicyclic) bond motifs is 3. The van der Waals surface area contributed by atoms with Gasteiger partial charge >= 0.3 is 0 Å². The molecule has 1 nitrogen and oxygen atoms in total. The van der Waals surface area contributed by atoms with Crippen LogP contribution in [0.3, 0.4) is 0 Å². The predicted molar refractivity (Wildman–Crippen MR) is 92.4 cm³/mol. The molecule has 0 saturated heterocycles. The number of hydrogen-bond acceptors (Lipinski definition) is 1. The van der Waals surface area contributed by atoms with Crippen LogP contribution in [0.1, 0.15) is 104 Å². The normalized spacial score (nSPS) is 44.7. The van der Waals surface area contributed by atoms with Gasteiger partial charge in [-0.2, -0.15) is 5.26 Å². The quantitative estimate of drug-likeness (QED) is 0.523. The Kier molecular flexibility index (Phi) is 4.59. The monoisotopic (exact) mass is 301 g/mol. The van der Waals surface area contributed by atoms with Crippen LogP contribution in [-0.4, -0.2) is 0 Å². The molecule has 0 aliphatic heterocycles. The van der Waals surface area contributed by atoms with Gasteiger partial charge in [0.25, 0.3) is 0 Å². The van der Waals surface area contributed by atoms with Gasteiger partial charge in [0.05, 0.1) is 11.5 Å². The molecule has 0 radical (unpaired) electrons. The maximum atomic E-state index is 9.36. The molecule has 2 bridgehead atoms. The number of rotatable bonds is 5. The van der Waals surface area contributed by atoms with Crippen molar-refractivity contribution in [1.29, 1.82) is 5.26 Å². The first-order valence-electron chi connectivity index (χ1n) is 9.97. The van der Waals surface area contributed by atoms with Crippen molar-refractivity contribution in [2.75, 3.05) is 0 Å². The summed E-state index contributed by atoms with van der Waals surface area (Å²) in [5, 5.41) is 9.36. The van der Waals surface area contributed by atoms with Crippen molar-refractivity contribution in [2.24, 2.45) is 22.2 Å². The molecule has 0 N–H and O–H groups in total. The fourth-order valence-electron chi connectivity index (χ4n) is 6.01. The van der Waals surface area contributed by atoms with Gasteiger partial charge in [0.1, 0.15) is 0 Å². The molecule has 4 saturated carbocycles. The van der Waals surface area contributed by atoms with Crippen molar-refractivity contribution in [3.63, 3.8) is 0 Å². The van der Waals surface area contributed by atoms with Crippen LogP contribution in [-0.2, 0) is 0 Å². The van der Waals surface area contributed by atoms with Crippen LogP contribution >= 0.6 is 0 Å². The molecule has 4 aliphatic carbocycles. The Bertz CT molecular complexity index is 397. The van der Waals surface area contributed by atoms with E-state index >= 15 is 0 Å². The van der Waals surface area contributed by atoms with E-state index in [9.17, 15) is 5.26 Å². The van der Waals surface area contributed by atoms with Crippen molar-refractivity contribution >= 4 is 0 Å². The van der Waals surface area contributed by atoms with E-state index < -0.39 is 0 Å². The van der Waals surface area contributed by atoms with Gasteiger partial charge in [-0.3, -0.25) is 0 Å². The zero-order chi connectivity index (χ0) is 15.7. The molecule has 0 atom stereocenters. The SMILES string of the molecule is CCCCCC12CCC([C@H]3CC[C@@](C)(C#N)CC3)(CC1)CC2. The van der Waals surface area contributed by atoms with Gasteiger partial charge in [-0.15, -0.1) is 0 Å². The third-order valence-electron chi connectivity index (χ3n) is 8.00. The zero-order valence-electron chi connectivity index (χ0n) is 14.9. The smallest absolute Gasteiger partial charge is 0.0686 e. The fourth-order valence-corrected chi connectivity index (χ4v) is 6.01. The summed E-state index contributed by atoms with van der Waals surface area (Å²) in [6, 6.07) is 2.58. The Morgan fingerprint density at radius 1 is 0.909 bits per heavy atom. The molecule has 4 aliphatic rings. The number of nitrogens with zero attached hydrogens (tertiary/aromatic N) is 1. The average molecular weight is 302 g/mol. The molecule has 124 valence electrons. The zero-order valence-corrected chi connectivity index (χ0v) is 14.9. The fraction of sp³-hybridized carbons (Fsp3) is 0.952. The molecule has 0 aromatic carbocycles. The van der Waals surface area contributed by atoms with Crippen molar-refractivity contribution in [1.82, 2.24) is 0 Å². The highest BCUT2D eigenvalue weighted by Gasteiger charge is 2.52. The van der Waals surface area contributed by atoms with E-state index in [4.69, 9.17) is 0 Å². The van der Waals surface area contributed by atoms with Crippen molar-refractivity contribution in [3.8, 4) is 6.07 Å². The summed E-state index contributed by atoms with van der Waals surface area (Å²) in [6.45, 7) is 4.50. The Morgan fingerprint density at radius 2 is 1.50 bits per heavy atom. The maximum Gasteiger partial charge on any atom is 0.0686 e. The summed E-state index contributed by atoms with van der Waals surface area (Å²) in [5.74, 6) is 0.933. The predicted octanol–water partition coefficient (Wildman–Crippen LogP) is 6.63. The van der Waals surface area contributed by atoms with Crippen molar-refractivity contribution in [2.45, 2.75) is 104 Å². The Morgan fingerprint density at radius 3 is 2.00 bits per heavy atom. The van der Waals surface area contributed by atoms with E-state index in [1.807, 2.05) is 0 Å². The lowest BCUT2D eigenvalue weighted by Gasteiger charge is -2.58. The second kappa shape index (κ2) is 6.18. The molecule has 0 amide bonds. The van der Waals surface area contributed by atoms with Gasteiger partial charge in [0.15, 0.2) is 0 Å². The van der Waals surface area contributed by atoms with Gasteiger partial charge in [0.2, 0.25) is 0 Å². The summed E-state index contributed by atoms with van der Waals surface area (Å²) in [4.78, 5) is 0. The standard InChI is InChI=1S/C21H35N/c1-3-4-5-8-20-11-14-21(15-12-20,16-13-20)18-6-9-19(2,17-22)10-7-18/h18H,3-16H2,1-2H3/t18-,19+,20?,21?. The lowest BCUT2D eigenvalue weighted by atomic mass is 9.47. The lowest BCUT2D eigenvalue weighted by Crippen LogP contribution is -2.46. The second-order valence-corrected chi connectivity index (χ2v) is 9.27. The van der Waals surface area contributed by atoms with Crippen LogP contribution in [0.5, 0.6) is 0 Å². The maximum absolute atomic E-state index is 9.36. The Balaban J connectivity index is 1.57. The molecule has 0 spiro atoms. The molecule has 4 fully saturated rings. The van der Waals surface area contributed by atoms with Crippen LogP contribution < -0.4 is 0 Å². The Labute approximate surface area is 137 Å². The summed E-state index contributed by atoms with van der Waals surface area (Å²) < 4.78 is 0. The van der Waals surface area contributed by atoms with Crippen LogP contribution in [0.4, 0.5) is 0 Å². The topological polar surface area (TPSA) is 23.8 Å². The highest BCUT2D eigenvalue weighted by molar-refractivity contribution is 5.06.